The first kappa shape index (κ1) is 24.5. The minimum Gasteiger partial charge on any atom is -0.504 e. The smallest absolute Gasteiger partial charge is 0.256 e. The van der Waals surface area contributed by atoms with Crippen molar-refractivity contribution in [3.05, 3.63) is 88.2 Å². The van der Waals surface area contributed by atoms with Crippen molar-refractivity contribution in [2.45, 2.75) is 25.2 Å². The number of aromatic hydroxyl groups is 1. The first-order chi connectivity index (χ1) is 16.8. The van der Waals surface area contributed by atoms with Crippen molar-refractivity contribution < 1.29 is 28.6 Å². The number of rotatable bonds is 6. The Morgan fingerprint density at radius 1 is 1.17 bits per heavy atom. The average molecular weight is 499 g/mol. The van der Waals surface area contributed by atoms with Crippen LogP contribution in [-0.2, 0) is 20.9 Å². The van der Waals surface area contributed by atoms with E-state index in [2.05, 4.69) is 5.32 Å². The van der Waals surface area contributed by atoms with E-state index >= 15 is 0 Å². The second kappa shape index (κ2) is 10.3. The highest BCUT2D eigenvalue weighted by molar-refractivity contribution is 6.30. The van der Waals surface area contributed by atoms with Gasteiger partial charge in [0.2, 0.25) is 5.91 Å². The summed E-state index contributed by atoms with van der Waals surface area (Å²) in [7, 11) is 3.00. The topological polar surface area (TPSA) is 88.1 Å². The van der Waals surface area contributed by atoms with Crippen LogP contribution in [0.3, 0.4) is 0 Å². The SMILES string of the molecule is COc1c(O)cccc1[C@H]1O[C@H](CC(=O)NCc2ccccc2F)C(=O)N(C)c2ccc(Cl)cc21. The molecule has 0 bridgehead atoms. The van der Waals surface area contributed by atoms with Crippen LogP contribution in [0, 0.1) is 5.82 Å². The Kier molecular flexibility index (Phi) is 7.23. The molecule has 0 fully saturated rings. The molecule has 0 saturated carbocycles. The molecule has 7 nitrogen and oxygen atoms in total. The van der Waals surface area contributed by atoms with Crippen LogP contribution in [0.4, 0.5) is 10.1 Å². The minimum atomic E-state index is -1.16. The molecule has 0 radical (unpaired) electrons. The van der Waals surface area contributed by atoms with Gasteiger partial charge in [-0.3, -0.25) is 9.59 Å². The lowest BCUT2D eigenvalue weighted by Gasteiger charge is -2.23. The number of carbonyl (C=O) groups is 2. The summed E-state index contributed by atoms with van der Waals surface area (Å²) < 4.78 is 25.6. The normalized spacial score (nSPS) is 17.5. The number of methoxy groups -OCH3 is 1. The van der Waals surface area contributed by atoms with Crippen molar-refractivity contribution in [3.8, 4) is 11.5 Å². The molecule has 182 valence electrons. The van der Waals surface area contributed by atoms with Crippen LogP contribution in [0.5, 0.6) is 11.5 Å². The van der Waals surface area contributed by atoms with Gasteiger partial charge in [0.05, 0.1) is 13.5 Å². The number of phenols is 1. The molecule has 35 heavy (non-hydrogen) atoms. The van der Waals surface area contributed by atoms with Gasteiger partial charge in [-0.1, -0.05) is 41.9 Å². The zero-order chi connectivity index (χ0) is 25.1. The van der Waals surface area contributed by atoms with Crippen molar-refractivity contribution in [1.82, 2.24) is 5.32 Å². The molecule has 2 N–H and O–H groups in total. The Balaban J connectivity index is 1.66. The molecular formula is C26H24ClFN2O5. The largest absolute Gasteiger partial charge is 0.504 e. The molecule has 3 aromatic carbocycles. The van der Waals surface area contributed by atoms with E-state index in [1.165, 1.54) is 24.1 Å². The van der Waals surface area contributed by atoms with E-state index < -0.39 is 29.8 Å². The Morgan fingerprint density at radius 3 is 2.69 bits per heavy atom. The Labute approximate surface area is 207 Å². The monoisotopic (exact) mass is 498 g/mol. The number of hydrogen-bond acceptors (Lipinski definition) is 5. The number of fused-ring (bicyclic) bond motifs is 1. The Hall–Kier alpha value is -3.62. The van der Waals surface area contributed by atoms with E-state index in [0.29, 0.717) is 27.4 Å². The number of ether oxygens (including phenoxy) is 2. The van der Waals surface area contributed by atoms with Gasteiger partial charge in [0, 0.05) is 41.0 Å². The van der Waals surface area contributed by atoms with Crippen molar-refractivity contribution in [3.63, 3.8) is 0 Å². The van der Waals surface area contributed by atoms with Crippen LogP contribution in [0.25, 0.3) is 0 Å². The molecular weight excluding hydrogens is 475 g/mol. The number of para-hydroxylation sites is 1. The molecule has 1 aliphatic rings. The molecule has 0 unspecified atom stereocenters. The number of benzene rings is 3. The van der Waals surface area contributed by atoms with E-state index in [1.807, 2.05) is 0 Å². The van der Waals surface area contributed by atoms with Crippen LogP contribution < -0.4 is 15.0 Å². The van der Waals surface area contributed by atoms with Crippen molar-refractivity contribution in [2.24, 2.45) is 0 Å². The molecule has 2 amide bonds. The zero-order valence-corrected chi connectivity index (χ0v) is 19.9. The van der Waals surface area contributed by atoms with Crippen LogP contribution in [0.2, 0.25) is 5.02 Å². The number of nitrogens with one attached hydrogen (secondary N) is 1. The molecule has 0 saturated heterocycles. The van der Waals surface area contributed by atoms with E-state index in [4.69, 9.17) is 21.1 Å². The van der Waals surface area contributed by atoms with E-state index in [0.717, 1.165) is 0 Å². The maximum atomic E-state index is 13.9. The third-order valence-electron chi connectivity index (χ3n) is 5.86. The predicted octanol–water partition coefficient (Wildman–Crippen LogP) is 4.35. The van der Waals surface area contributed by atoms with Gasteiger partial charge < -0.3 is 24.8 Å². The lowest BCUT2D eigenvalue weighted by Crippen LogP contribution is -2.40. The molecule has 9 heteroatoms. The van der Waals surface area contributed by atoms with Crippen LogP contribution >= 0.6 is 11.6 Å². The van der Waals surface area contributed by atoms with Crippen molar-refractivity contribution >= 4 is 29.1 Å². The van der Waals surface area contributed by atoms with Gasteiger partial charge in [-0.25, -0.2) is 4.39 Å². The number of nitrogens with zero attached hydrogens (tertiary/aromatic N) is 1. The minimum absolute atomic E-state index is 0.0259. The van der Waals surface area contributed by atoms with Gasteiger partial charge >= 0.3 is 0 Å². The number of carbonyl (C=O) groups excluding carboxylic acids is 2. The summed E-state index contributed by atoms with van der Waals surface area (Å²) >= 11 is 6.27. The maximum Gasteiger partial charge on any atom is 0.256 e. The number of hydrogen-bond donors (Lipinski definition) is 2. The summed E-state index contributed by atoms with van der Waals surface area (Å²) in [4.78, 5) is 27.5. The number of phenolic OH excluding ortho intramolecular Hbond substituents is 1. The summed E-state index contributed by atoms with van der Waals surface area (Å²) in [6.45, 7) is -0.0259. The lowest BCUT2D eigenvalue weighted by atomic mass is 9.98. The second-order valence-corrected chi connectivity index (χ2v) is 8.51. The van der Waals surface area contributed by atoms with Crippen molar-refractivity contribution in [2.75, 3.05) is 19.1 Å². The second-order valence-electron chi connectivity index (χ2n) is 8.08. The van der Waals surface area contributed by atoms with E-state index in [-0.39, 0.29) is 24.5 Å². The van der Waals surface area contributed by atoms with Gasteiger partial charge in [-0.2, -0.15) is 0 Å². The van der Waals surface area contributed by atoms with Gasteiger partial charge in [-0.15, -0.1) is 0 Å². The number of anilines is 1. The highest BCUT2D eigenvalue weighted by Gasteiger charge is 2.37. The number of likely N-dealkylation sites (N-methyl/N-ethyl adjacent to an activating group) is 1. The van der Waals surface area contributed by atoms with Crippen molar-refractivity contribution in [1.29, 1.82) is 0 Å². The Morgan fingerprint density at radius 2 is 1.94 bits per heavy atom. The fourth-order valence-corrected chi connectivity index (χ4v) is 4.28. The summed E-state index contributed by atoms with van der Waals surface area (Å²) in [5.41, 5.74) is 1.92. The lowest BCUT2D eigenvalue weighted by molar-refractivity contribution is -0.137. The highest BCUT2D eigenvalue weighted by Crippen LogP contribution is 2.44. The van der Waals surface area contributed by atoms with Gasteiger partial charge in [-0.05, 0) is 30.3 Å². The standard InChI is InChI=1S/C26H24ClFN2O5/c1-30-20-11-10-16(27)12-18(20)24(17-7-5-9-21(31)25(17)34-2)35-22(26(30)33)13-23(32)29-14-15-6-3-4-8-19(15)28/h3-12,22,24,31H,13-14H2,1-2H3,(H,29,32)/t22-,24-/m1/s1. The number of halogens is 2. The first-order valence-electron chi connectivity index (χ1n) is 10.9. The zero-order valence-electron chi connectivity index (χ0n) is 19.1. The average Bonchev–Trinajstić information content (AvgIpc) is 2.93. The summed E-state index contributed by atoms with van der Waals surface area (Å²) in [6, 6.07) is 16.0. The highest BCUT2D eigenvalue weighted by atomic mass is 35.5. The van der Waals surface area contributed by atoms with Gasteiger partial charge in [0.25, 0.3) is 5.91 Å². The number of amides is 2. The maximum absolute atomic E-state index is 13.9. The van der Waals surface area contributed by atoms with E-state index in [1.54, 1.807) is 55.6 Å². The molecule has 3 aromatic rings. The quantitative estimate of drug-likeness (QED) is 0.527. The van der Waals surface area contributed by atoms with Gasteiger partial charge in [0.1, 0.15) is 18.0 Å². The third kappa shape index (κ3) is 5.08. The predicted molar refractivity (Wildman–Crippen MR) is 129 cm³/mol. The molecule has 0 spiro atoms. The molecule has 2 atom stereocenters. The fourth-order valence-electron chi connectivity index (χ4n) is 4.09. The molecule has 1 heterocycles. The van der Waals surface area contributed by atoms with E-state index in [9.17, 15) is 19.1 Å². The third-order valence-corrected chi connectivity index (χ3v) is 6.09. The van der Waals surface area contributed by atoms with Crippen LogP contribution in [-0.4, -0.2) is 37.2 Å². The van der Waals surface area contributed by atoms with Crippen LogP contribution in [0.1, 0.15) is 29.2 Å². The molecule has 4 rings (SSSR count). The molecule has 1 aliphatic heterocycles. The van der Waals surface area contributed by atoms with Gasteiger partial charge in [0.15, 0.2) is 11.5 Å². The first-order valence-corrected chi connectivity index (χ1v) is 11.3. The molecule has 0 aliphatic carbocycles. The fraction of sp³-hybridized carbons (Fsp3) is 0.231. The Bertz CT molecular complexity index is 1270. The summed E-state index contributed by atoms with van der Waals surface area (Å²) in [5, 5.41) is 13.4. The summed E-state index contributed by atoms with van der Waals surface area (Å²) in [6.07, 6.45) is -2.33. The van der Waals surface area contributed by atoms with Crippen LogP contribution in [0.15, 0.2) is 60.7 Å². The summed E-state index contributed by atoms with van der Waals surface area (Å²) in [5.74, 6) is -1.26. The molecule has 0 aromatic heterocycles.